The Hall–Kier alpha value is -1.59. The molecule has 22 heavy (non-hydrogen) atoms. The molecule has 0 aliphatic rings. The van der Waals surface area contributed by atoms with Crippen molar-refractivity contribution in [2.45, 2.75) is 32.3 Å². The van der Waals surface area contributed by atoms with Crippen molar-refractivity contribution in [3.8, 4) is 11.1 Å². The van der Waals surface area contributed by atoms with E-state index in [1.54, 1.807) is 12.1 Å². The Bertz CT molecular complexity index is 643. The van der Waals surface area contributed by atoms with Crippen LogP contribution in [0.25, 0.3) is 11.1 Å². The summed E-state index contributed by atoms with van der Waals surface area (Å²) in [5.41, 5.74) is 1.25. The van der Waals surface area contributed by atoms with Crippen LogP contribution in [0.5, 0.6) is 0 Å². The summed E-state index contributed by atoms with van der Waals surface area (Å²) in [5.74, 6) is -3.01. The van der Waals surface area contributed by atoms with Crippen LogP contribution in [0.3, 0.4) is 0 Å². The van der Waals surface area contributed by atoms with E-state index in [-0.39, 0.29) is 11.2 Å². The zero-order valence-corrected chi connectivity index (χ0v) is 14.9. The van der Waals surface area contributed by atoms with Gasteiger partial charge in [-0.1, -0.05) is 38.1 Å². The van der Waals surface area contributed by atoms with E-state index in [2.05, 4.69) is 13.8 Å². The second-order valence-electron chi connectivity index (χ2n) is 5.23. The number of halogens is 3. The first-order valence-corrected chi connectivity index (χ1v) is 8.09. The van der Waals surface area contributed by atoms with Gasteiger partial charge in [-0.3, -0.25) is 0 Å². The molecule has 2 rings (SSSR count). The molecule has 5 heteroatoms. The summed E-state index contributed by atoms with van der Waals surface area (Å²) in [5, 5.41) is 0. The van der Waals surface area contributed by atoms with Gasteiger partial charge in [0.2, 0.25) is 0 Å². The number of hydrogen-bond donors (Lipinski definition) is 0. The molecular weight excluding hydrogens is 305 g/mol. The zero-order valence-electron chi connectivity index (χ0n) is 12.9. The van der Waals surface area contributed by atoms with Crippen LogP contribution < -0.4 is 0 Å². The Morgan fingerprint density at radius 3 is 1.95 bits per heavy atom. The van der Waals surface area contributed by atoms with Crippen molar-refractivity contribution >= 4 is 10.5 Å². The van der Waals surface area contributed by atoms with E-state index in [1.165, 1.54) is 0 Å². The number of benzene rings is 2. The molecule has 2 aromatic rings. The maximum Gasteiger partial charge on any atom is 0.161 e. The second kappa shape index (κ2) is 6.67. The molecule has 2 aromatic carbocycles. The van der Waals surface area contributed by atoms with Crippen LogP contribution in [-0.4, -0.2) is 10.5 Å². The van der Waals surface area contributed by atoms with Crippen LogP contribution in [0, 0.1) is 17.5 Å². The van der Waals surface area contributed by atoms with Crippen molar-refractivity contribution in [3.05, 3.63) is 59.4 Å². The number of rotatable bonds is 5. The van der Waals surface area contributed by atoms with Crippen LogP contribution in [0.1, 0.15) is 32.3 Å². The summed E-state index contributed by atoms with van der Waals surface area (Å²) < 4.78 is 45.9. The van der Waals surface area contributed by atoms with Crippen LogP contribution in [-0.2, 0) is 10.0 Å². The van der Waals surface area contributed by atoms with Gasteiger partial charge < -0.3 is 4.43 Å². The average molecular weight is 324 g/mol. The lowest BCUT2D eigenvalue weighted by atomic mass is 9.87. The molecule has 0 saturated carbocycles. The van der Waals surface area contributed by atoms with E-state index in [4.69, 9.17) is 4.43 Å². The molecule has 0 aliphatic heterocycles. The lowest BCUT2D eigenvalue weighted by molar-refractivity contribution is 0.0685. The number of hydrogen-bond acceptors (Lipinski definition) is 1. The molecule has 0 heterocycles. The largest absolute Gasteiger partial charge is 0.418 e. The Labute approximate surface area is 131 Å². The van der Waals surface area contributed by atoms with Crippen molar-refractivity contribution in [3.63, 3.8) is 0 Å². The smallest absolute Gasteiger partial charge is 0.161 e. The highest BCUT2D eigenvalue weighted by Crippen LogP contribution is 2.34. The van der Waals surface area contributed by atoms with Gasteiger partial charge in [-0.05, 0) is 30.0 Å². The summed E-state index contributed by atoms with van der Waals surface area (Å²) in [6.07, 6.45) is 1.68. The van der Waals surface area contributed by atoms with Gasteiger partial charge in [-0.15, -0.1) is 0 Å². The van der Waals surface area contributed by atoms with Gasteiger partial charge in [0.1, 0.15) is 16.3 Å². The molecule has 0 amide bonds. The van der Waals surface area contributed by atoms with E-state index in [0.29, 0.717) is 22.1 Å². The van der Waals surface area contributed by atoms with Gasteiger partial charge >= 0.3 is 0 Å². The summed E-state index contributed by atoms with van der Waals surface area (Å²) in [4.78, 5) is 0. The lowest BCUT2D eigenvalue weighted by Gasteiger charge is -2.31. The summed E-state index contributed by atoms with van der Waals surface area (Å²) in [6.45, 7) is 4.12. The van der Waals surface area contributed by atoms with Crippen LogP contribution >= 0.6 is 0 Å². The van der Waals surface area contributed by atoms with E-state index in [9.17, 15) is 13.2 Å². The van der Waals surface area contributed by atoms with Crippen LogP contribution in [0.15, 0.2) is 36.4 Å². The fourth-order valence-corrected chi connectivity index (χ4v) is 3.58. The predicted octanol–water partition coefficient (Wildman–Crippen LogP) is 4.08. The van der Waals surface area contributed by atoms with Crippen molar-refractivity contribution < 1.29 is 17.6 Å². The molecule has 0 spiro atoms. The predicted molar refractivity (Wildman–Crippen MR) is 85.0 cm³/mol. The lowest BCUT2D eigenvalue weighted by Crippen LogP contribution is -2.27. The van der Waals surface area contributed by atoms with Gasteiger partial charge in [0.15, 0.2) is 11.6 Å². The summed E-state index contributed by atoms with van der Waals surface area (Å²) in [6, 6.07) is 8.61. The molecule has 118 valence electrons. The third-order valence-electron chi connectivity index (χ3n) is 4.26. The van der Waals surface area contributed by atoms with Crippen molar-refractivity contribution in [1.29, 1.82) is 0 Å². The zero-order chi connectivity index (χ0) is 16.3. The van der Waals surface area contributed by atoms with Crippen molar-refractivity contribution in [2.75, 3.05) is 0 Å². The summed E-state index contributed by atoms with van der Waals surface area (Å²) >= 11 is 0. The third kappa shape index (κ3) is 2.96. The quantitative estimate of drug-likeness (QED) is 0.595. The minimum Gasteiger partial charge on any atom is -0.418 e. The van der Waals surface area contributed by atoms with Crippen molar-refractivity contribution in [2.24, 2.45) is 0 Å². The van der Waals surface area contributed by atoms with E-state index >= 15 is 0 Å². The fraction of sp³-hybridized carbons (Fsp3) is 0.294. The first kappa shape index (κ1) is 16.8. The molecule has 1 nitrogen and oxygen atoms in total. The van der Waals surface area contributed by atoms with Gasteiger partial charge in [0.25, 0.3) is 0 Å². The maximum atomic E-state index is 13.8. The van der Waals surface area contributed by atoms with Gasteiger partial charge in [0, 0.05) is 11.6 Å². The van der Waals surface area contributed by atoms with Gasteiger partial charge in [-0.25, -0.2) is 13.2 Å². The minimum absolute atomic E-state index is 0.0517. The van der Waals surface area contributed by atoms with Gasteiger partial charge in [-0.2, -0.15) is 0 Å². The topological polar surface area (TPSA) is 9.23 Å². The Morgan fingerprint density at radius 1 is 0.909 bits per heavy atom. The molecule has 0 unspecified atom stereocenters. The first-order chi connectivity index (χ1) is 10.5. The second-order valence-corrected chi connectivity index (χ2v) is 5.64. The average Bonchev–Trinajstić information content (AvgIpc) is 2.54. The molecule has 0 N–H and O–H groups in total. The Balaban J connectivity index is 2.43. The molecule has 0 atom stereocenters. The highest BCUT2D eigenvalue weighted by Gasteiger charge is 2.27. The Morgan fingerprint density at radius 2 is 1.45 bits per heavy atom. The molecule has 0 radical (unpaired) electrons. The van der Waals surface area contributed by atoms with E-state index < -0.39 is 17.5 Å². The molecule has 0 saturated heterocycles. The van der Waals surface area contributed by atoms with Crippen LogP contribution in [0.4, 0.5) is 13.2 Å². The van der Waals surface area contributed by atoms with Crippen molar-refractivity contribution in [1.82, 2.24) is 0 Å². The van der Waals surface area contributed by atoms with E-state index in [1.807, 2.05) is 12.1 Å². The molecule has 0 aliphatic carbocycles. The molecule has 0 aromatic heterocycles. The van der Waals surface area contributed by atoms with Crippen LogP contribution in [0.2, 0.25) is 0 Å². The monoisotopic (exact) mass is 324 g/mol. The van der Waals surface area contributed by atoms with Gasteiger partial charge in [0.05, 0.1) is 5.60 Å². The fourth-order valence-electron chi connectivity index (χ4n) is 2.76. The molecular formula is C17H19F3OSi. The standard InChI is InChI=1S/C17H19F3OSi/c1-3-17(4-2,21-22)12-7-5-11(6-8-12)13-9-15(19)16(20)10-14(13)18/h5-10H,3-4H2,1-2,22H3. The summed E-state index contributed by atoms with van der Waals surface area (Å²) in [7, 11) is 0.619. The maximum absolute atomic E-state index is 13.8. The molecule has 0 bridgehead atoms. The highest BCUT2D eigenvalue weighted by atomic mass is 28.2. The first-order valence-electron chi connectivity index (χ1n) is 7.28. The highest BCUT2D eigenvalue weighted by molar-refractivity contribution is 5.98. The normalized spacial score (nSPS) is 11.9. The SMILES string of the molecule is CCC(CC)(O[SiH3])c1ccc(-c2cc(F)c(F)cc2F)cc1. The third-order valence-corrected chi connectivity index (χ3v) is 5.05. The minimum atomic E-state index is -1.18. The van der Waals surface area contributed by atoms with E-state index in [0.717, 1.165) is 24.5 Å². The molecule has 0 fully saturated rings. The Kier molecular flexibility index (Phi) is 5.08.